The van der Waals surface area contributed by atoms with Crippen LogP contribution in [-0.4, -0.2) is 31.4 Å². The van der Waals surface area contributed by atoms with E-state index >= 15 is 0 Å². The molecule has 5 heteroatoms. The average molecular weight is 416 g/mol. The van der Waals surface area contributed by atoms with Crippen molar-refractivity contribution in [3.8, 4) is 0 Å². The molecule has 0 bridgehead atoms. The van der Waals surface area contributed by atoms with Crippen molar-refractivity contribution in [1.82, 2.24) is 5.32 Å². The molecule has 30 heavy (non-hydrogen) atoms. The van der Waals surface area contributed by atoms with Crippen molar-refractivity contribution >= 4 is 23.2 Å². The fraction of sp³-hybridized carbons (Fsp3) is 0.680. The number of unbranched alkanes of at least 4 members (excludes halogenated alkanes) is 6. The summed E-state index contributed by atoms with van der Waals surface area (Å²) < 4.78 is 0. The smallest absolute Gasteiger partial charge is 0.253 e. The van der Waals surface area contributed by atoms with E-state index in [1.165, 1.54) is 32.1 Å². The Kier molecular flexibility index (Phi) is 10.7. The molecule has 5 nitrogen and oxygen atoms in total. The molecular weight excluding hydrogens is 374 g/mol. The summed E-state index contributed by atoms with van der Waals surface area (Å²) >= 11 is 0. The average Bonchev–Trinajstić information content (AvgIpc) is 3.26. The van der Waals surface area contributed by atoms with Gasteiger partial charge < -0.3 is 15.5 Å². The third kappa shape index (κ3) is 8.37. The first kappa shape index (κ1) is 24.2. The number of nitrogens with one attached hydrogen (secondary N) is 2. The van der Waals surface area contributed by atoms with E-state index in [1.807, 2.05) is 18.2 Å². The summed E-state index contributed by atoms with van der Waals surface area (Å²) in [4.78, 5) is 27.5. The first-order valence-corrected chi connectivity index (χ1v) is 12.0. The van der Waals surface area contributed by atoms with E-state index in [0.29, 0.717) is 30.1 Å². The molecule has 0 saturated carbocycles. The lowest BCUT2D eigenvalue weighted by atomic mass is 10.1. The van der Waals surface area contributed by atoms with E-state index in [0.717, 1.165) is 44.5 Å². The number of carbonyl (C=O) groups excluding carboxylic acids is 2. The molecule has 1 aromatic carbocycles. The van der Waals surface area contributed by atoms with Crippen molar-refractivity contribution in [2.24, 2.45) is 5.92 Å². The Bertz CT molecular complexity index is 666. The number of hydrogen-bond donors (Lipinski definition) is 2. The Morgan fingerprint density at radius 1 is 1.00 bits per heavy atom. The number of anilines is 2. The van der Waals surface area contributed by atoms with Crippen LogP contribution >= 0.6 is 0 Å². The van der Waals surface area contributed by atoms with Gasteiger partial charge in [0, 0.05) is 37.4 Å². The molecule has 0 aliphatic carbocycles. The maximum atomic E-state index is 12.8. The SMILES string of the molecule is CCCCCCCCCC(=O)Nc1ccc(N2CCCC2)c(C(=O)NCC(C)C)c1. The van der Waals surface area contributed by atoms with Crippen molar-refractivity contribution in [2.45, 2.75) is 85.0 Å². The number of nitrogens with zero attached hydrogens (tertiary/aromatic N) is 1. The molecule has 0 unspecified atom stereocenters. The van der Waals surface area contributed by atoms with Gasteiger partial charge in [0.15, 0.2) is 0 Å². The Balaban J connectivity index is 1.93. The molecule has 2 amide bonds. The fourth-order valence-corrected chi connectivity index (χ4v) is 3.89. The second kappa shape index (κ2) is 13.3. The number of amides is 2. The van der Waals surface area contributed by atoms with E-state index in [9.17, 15) is 9.59 Å². The van der Waals surface area contributed by atoms with Crippen molar-refractivity contribution in [3.63, 3.8) is 0 Å². The number of hydrogen-bond acceptors (Lipinski definition) is 3. The van der Waals surface area contributed by atoms with Crippen LogP contribution in [0.15, 0.2) is 18.2 Å². The Hall–Kier alpha value is -2.04. The zero-order chi connectivity index (χ0) is 21.8. The second-order valence-electron chi connectivity index (χ2n) is 8.95. The summed E-state index contributed by atoms with van der Waals surface area (Å²) in [6.07, 6.45) is 11.2. The van der Waals surface area contributed by atoms with Crippen LogP contribution in [0.25, 0.3) is 0 Å². The second-order valence-corrected chi connectivity index (χ2v) is 8.95. The van der Waals surface area contributed by atoms with Crippen LogP contribution in [0, 0.1) is 5.92 Å². The number of benzene rings is 1. The van der Waals surface area contributed by atoms with Crippen molar-refractivity contribution in [3.05, 3.63) is 23.8 Å². The Labute approximate surface area is 183 Å². The van der Waals surface area contributed by atoms with Gasteiger partial charge in [-0.05, 0) is 43.4 Å². The van der Waals surface area contributed by atoms with E-state index in [4.69, 9.17) is 0 Å². The van der Waals surface area contributed by atoms with Gasteiger partial charge in [-0.25, -0.2) is 0 Å². The van der Waals surface area contributed by atoms with Crippen molar-refractivity contribution < 1.29 is 9.59 Å². The van der Waals surface area contributed by atoms with E-state index in [1.54, 1.807) is 0 Å². The van der Waals surface area contributed by atoms with E-state index in [2.05, 4.69) is 36.3 Å². The van der Waals surface area contributed by atoms with E-state index < -0.39 is 0 Å². The van der Waals surface area contributed by atoms with Gasteiger partial charge >= 0.3 is 0 Å². The lowest BCUT2D eigenvalue weighted by Crippen LogP contribution is -2.30. The first-order chi connectivity index (χ1) is 14.5. The molecule has 1 saturated heterocycles. The minimum absolute atomic E-state index is 0.0334. The van der Waals surface area contributed by atoms with Gasteiger partial charge in [-0.2, -0.15) is 0 Å². The van der Waals surface area contributed by atoms with Crippen LogP contribution in [0.5, 0.6) is 0 Å². The molecule has 1 aromatic rings. The standard InChI is InChI=1S/C25H41N3O2/c1-4-5-6-7-8-9-10-13-24(29)27-21-14-15-23(28-16-11-12-17-28)22(18-21)25(30)26-19-20(2)3/h14-15,18,20H,4-13,16-17,19H2,1-3H3,(H,26,30)(H,27,29). The normalized spacial score (nSPS) is 13.7. The Morgan fingerprint density at radius 2 is 1.67 bits per heavy atom. The predicted molar refractivity (Wildman–Crippen MR) is 126 cm³/mol. The summed E-state index contributed by atoms with van der Waals surface area (Å²) in [7, 11) is 0. The molecule has 0 spiro atoms. The molecule has 0 atom stereocenters. The highest BCUT2D eigenvalue weighted by atomic mass is 16.2. The number of carbonyl (C=O) groups is 2. The first-order valence-electron chi connectivity index (χ1n) is 12.0. The maximum absolute atomic E-state index is 12.8. The summed E-state index contributed by atoms with van der Waals surface area (Å²) in [5.41, 5.74) is 2.34. The third-order valence-electron chi connectivity index (χ3n) is 5.65. The van der Waals surface area contributed by atoms with Crippen LogP contribution in [-0.2, 0) is 4.79 Å². The fourth-order valence-electron chi connectivity index (χ4n) is 3.89. The monoisotopic (exact) mass is 415 g/mol. The molecule has 2 N–H and O–H groups in total. The highest BCUT2D eigenvalue weighted by molar-refractivity contribution is 6.02. The molecule has 0 aromatic heterocycles. The van der Waals surface area contributed by atoms with Gasteiger partial charge in [0.25, 0.3) is 5.91 Å². The summed E-state index contributed by atoms with van der Waals surface area (Å²) in [5, 5.41) is 6.02. The topological polar surface area (TPSA) is 61.4 Å². The zero-order valence-electron chi connectivity index (χ0n) is 19.3. The van der Waals surface area contributed by atoms with Crippen LogP contribution in [0.2, 0.25) is 0 Å². The minimum atomic E-state index is -0.0613. The quantitative estimate of drug-likeness (QED) is 0.403. The molecule has 0 radical (unpaired) electrons. The molecular formula is C25H41N3O2. The van der Waals surface area contributed by atoms with Crippen LogP contribution < -0.4 is 15.5 Å². The summed E-state index contributed by atoms with van der Waals surface area (Å²) in [6.45, 7) is 9.00. The van der Waals surface area contributed by atoms with Crippen LogP contribution in [0.1, 0.15) is 95.3 Å². The highest BCUT2D eigenvalue weighted by Crippen LogP contribution is 2.28. The molecule has 168 valence electrons. The van der Waals surface area contributed by atoms with Gasteiger partial charge in [0.2, 0.25) is 5.91 Å². The van der Waals surface area contributed by atoms with Crippen LogP contribution in [0.3, 0.4) is 0 Å². The lowest BCUT2D eigenvalue weighted by Gasteiger charge is -2.22. The lowest BCUT2D eigenvalue weighted by molar-refractivity contribution is -0.116. The third-order valence-corrected chi connectivity index (χ3v) is 5.65. The molecule has 2 rings (SSSR count). The molecule has 1 heterocycles. The molecule has 1 aliphatic rings. The van der Waals surface area contributed by atoms with Gasteiger partial charge in [-0.15, -0.1) is 0 Å². The minimum Gasteiger partial charge on any atom is -0.371 e. The Morgan fingerprint density at radius 3 is 2.33 bits per heavy atom. The largest absolute Gasteiger partial charge is 0.371 e. The maximum Gasteiger partial charge on any atom is 0.253 e. The molecule has 1 fully saturated rings. The summed E-state index contributed by atoms with van der Waals surface area (Å²) in [5.74, 6) is 0.369. The predicted octanol–water partition coefficient (Wildman–Crippen LogP) is 5.75. The summed E-state index contributed by atoms with van der Waals surface area (Å²) in [6, 6.07) is 5.75. The van der Waals surface area contributed by atoms with Crippen molar-refractivity contribution in [1.29, 1.82) is 0 Å². The van der Waals surface area contributed by atoms with Gasteiger partial charge in [-0.1, -0.05) is 59.3 Å². The van der Waals surface area contributed by atoms with Gasteiger partial charge in [0.1, 0.15) is 0 Å². The van der Waals surface area contributed by atoms with E-state index in [-0.39, 0.29) is 11.8 Å². The number of rotatable bonds is 13. The highest BCUT2D eigenvalue weighted by Gasteiger charge is 2.20. The van der Waals surface area contributed by atoms with Gasteiger partial charge in [-0.3, -0.25) is 9.59 Å². The molecule has 1 aliphatic heterocycles. The van der Waals surface area contributed by atoms with Crippen molar-refractivity contribution in [2.75, 3.05) is 29.9 Å². The zero-order valence-corrected chi connectivity index (χ0v) is 19.3. The van der Waals surface area contributed by atoms with Crippen LogP contribution in [0.4, 0.5) is 11.4 Å². The van der Waals surface area contributed by atoms with Gasteiger partial charge in [0.05, 0.1) is 5.56 Å².